The van der Waals surface area contributed by atoms with E-state index in [0.29, 0.717) is 17.2 Å². The molecular weight excluding hydrogens is 486 g/mol. The molecule has 0 atom stereocenters. The number of carboxylic acids is 2. The number of rotatable bonds is 4. The monoisotopic (exact) mass is 506 g/mol. The summed E-state index contributed by atoms with van der Waals surface area (Å²) in [6, 6.07) is 5.53. The number of amides is 1. The number of nitrogen functional groups attached to an aromatic ring is 1. The van der Waals surface area contributed by atoms with Crippen LogP contribution in [0.25, 0.3) is 10.2 Å². The van der Waals surface area contributed by atoms with Crippen molar-refractivity contribution in [2.75, 3.05) is 40.0 Å². The third kappa shape index (κ3) is 11.3. The topological polar surface area (TPSA) is 137 Å². The molecule has 0 aliphatic rings. The number of aromatic nitrogens is 1. The number of aliphatic carboxylic acids is 2. The maximum Gasteiger partial charge on any atom is 0.490 e. The average molecular weight is 506 g/mol. The van der Waals surface area contributed by atoms with E-state index in [4.69, 9.17) is 25.5 Å². The first-order chi connectivity index (χ1) is 14.9. The van der Waals surface area contributed by atoms with Crippen molar-refractivity contribution < 1.29 is 50.9 Å². The number of alkyl halides is 6. The number of anilines is 1. The maximum atomic E-state index is 12.3. The number of carboxylic acid groups (broad SMARTS) is 2. The average Bonchev–Trinajstić information content (AvgIpc) is 3.04. The van der Waals surface area contributed by atoms with E-state index in [9.17, 15) is 31.1 Å². The third-order valence-corrected chi connectivity index (χ3v) is 4.23. The quantitative estimate of drug-likeness (QED) is 0.539. The summed E-state index contributed by atoms with van der Waals surface area (Å²) >= 11 is 1.43. The minimum absolute atomic E-state index is 0.00956. The Morgan fingerprint density at radius 2 is 1.42 bits per heavy atom. The minimum Gasteiger partial charge on any atom is -0.475 e. The Labute approximate surface area is 187 Å². The summed E-state index contributed by atoms with van der Waals surface area (Å²) in [5.41, 5.74) is 7.10. The number of nitrogens with zero attached hydrogens (tertiary/aromatic N) is 3. The summed E-state index contributed by atoms with van der Waals surface area (Å²) in [5.74, 6) is -5.50. The fourth-order valence-electron chi connectivity index (χ4n) is 1.75. The van der Waals surface area contributed by atoms with Crippen LogP contribution in [0.4, 0.5) is 31.5 Å². The van der Waals surface area contributed by atoms with Crippen molar-refractivity contribution in [1.29, 1.82) is 0 Å². The van der Waals surface area contributed by atoms with E-state index in [1.54, 1.807) is 11.0 Å². The molecule has 0 spiro atoms. The zero-order valence-electron chi connectivity index (χ0n) is 17.4. The fourth-order valence-corrected chi connectivity index (χ4v) is 2.46. The van der Waals surface area contributed by atoms with E-state index in [1.807, 2.05) is 38.2 Å². The lowest BCUT2D eigenvalue weighted by molar-refractivity contribution is -0.193. The van der Waals surface area contributed by atoms with Crippen LogP contribution in [0.2, 0.25) is 0 Å². The third-order valence-electron chi connectivity index (χ3n) is 3.37. The second kappa shape index (κ2) is 12.2. The van der Waals surface area contributed by atoms with Gasteiger partial charge in [0.1, 0.15) is 0 Å². The van der Waals surface area contributed by atoms with E-state index < -0.39 is 24.3 Å². The summed E-state index contributed by atoms with van der Waals surface area (Å²) in [6.07, 6.45) is -10.2. The summed E-state index contributed by atoms with van der Waals surface area (Å²) in [5, 5.41) is 14.8. The summed E-state index contributed by atoms with van der Waals surface area (Å²) in [4.78, 5) is 38.0. The molecule has 0 saturated heterocycles. The normalized spacial score (nSPS) is 11.2. The SMILES string of the molecule is CN(C)CCN(C)C(=O)c1ccc2sc(N)nc2c1.O=C(O)C(F)(F)F.O=C(O)C(F)(F)F. The predicted molar refractivity (Wildman–Crippen MR) is 107 cm³/mol. The van der Waals surface area contributed by atoms with Crippen LogP contribution >= 0.6 is 11.3 Å². The van der Waals surface area contributed by atoms with Crippen molar-refractivity contribution in [2.45, 2.75) is 12.4 Å². The number of fused-ring (bicyclic) bond motifs is 1. The number of hydrogen-bond acceptors (Lipinski definition) is 7. The van der Waals surface area contributed by atoms with Gasteiger partial charge in [-0.2, -0.15) is 26.3 Å². The van der Waals surface area contributed by atoms with Crippen molar-refractivity contribution in [3.63, 3.8) is 0 Å². The van der Waals surface area contributed by atoms with Crippen molar-refractivity contribution in [3.05, 3.63) is 23.8 Å². The van der Waals surface area contributed by atoms with Crippen LogP contribution in [-0.4, -0.2) is 89.4 Å². The standard InChI is InChI=1S/C13H18N4OS.2C2HF3O2/c1-16(2)6-7-17(3)12(18)9-4-5-11-10(8-9)15-13(14)19-11;2*3-2(4,5)1(6)7/h4-5,8H,6-7H2,1-3H3,(H2,14,15);2*(H,6,7). The number of nitrogens with two attached hydrogens (primary N) is 1. The molecule has 9 nitrogen and oxygen atoms in total. The number of carbonyl (C=O) groups is 3. The molecule has 1 heterocycles. The molecule has 0 unspecified atom stereocenters. The van der Waals surface area contributed by atoms with Crippen LogP contribution < -0.4 is 5.73 Å². The first-order valence-electron chi connectivity index (χ1n) is 8.52. The van der Waals surface area contributed by atoms with Crippen LogP contribution in [-0.2, 0) is 9.59 Å². The maximum absolute atomic E-state index is 12.3. The van der Waals surface area contributed by atoms with Crippen molar-refractivity contribution >= 4 is 44.5 Å². The molecular formula is C17H20F6N4O5S. The van der Waals surface area contributed by atoms with Crippen LogP contribution in [0.5, 0.6) is 0 Å². The summed E-state index contributed by atoms with van der Waals surface area (Å²) < 4.78 is 64.5. The molecule has 1 aromatic heterocycles. The smallest absolute Gasteiger partial charge is 0.475 e. The van der Waals surface area contributed by atoms with Gasteiger partial charge in [-0.25, -0.2) is 14.6 Å². The van der Waals surface area contributed by atoms with Gasteiger partial charge in [0.15, 0.2) is 5.13 Å². The predicted octanol–water partition coefficient (Wildman–Crippen LogP) is 2.78. The lowest BCUT2D eigenvalue weighted by Crippen LogP contribution is -2.33. The molecule has 0 radical (unpaired) electrons. The van der Waals surface area contributed by atoms with Gasteiger partial charge in [-0.15, -0.1) is 0 Å². The zero-order chi connectivity index (χ0) is 26.1. The van der Waals surface area contributed by atoms with E-state index in [2.05, 4.69) is 4.98 Å². The number of carbonyl (C=O) groups excluding carboxylic acids is 1. The van der Waals surface area contributed by atoms with Crippen LogP contribution in [0.3, 0.4) is 0 Å². The van der Waals surface area contributed by atoms with E-state index in [0.717, 1.165) is 16.8 Å². The number of likely N-dealkylation sites (N-methyl/N-ethyl adjacent to an activating group) is 2. The highest BCUT2D eigenvalue weighted by atomic mass is 32.1. The molecule has 16 heteroatoms. The first-order valence-corrected chi connectivity index (χ1v) is 9.34. The van der Waals surface area contributed by atoms with Gasteiger partial charge in [0.2, 0.25) is 0 Å². The number of hydrogen-bond donors (Lipinski definition) is 3. The Kier molecular flexibility index (Phi) is 11.0. The van der Waals surface area contributed by atoms with Gasteiger partial charge in [0.05, 0.1) is 10.2 Å². The molecule has 0 saturated carbocycles. The Balaban J connectivity index is 0.000000605. The molecule has 1 amide bonds. The highest BCUT2D eigenvalue weighted by Crippen LogP contribution is 2.24. The van der Waals surface area contributed by atoms with Gasteiger partial charge in [-0.3, -0.25) is 4.79 Å². The van der Waals surface area contributed by atoms with Crippen LogP contribution in [0, 0.1) is 0 Å². The van der Waals surface area contributed by atoms with Gasteiger partial charge >= 0.3 is 24.3 Å². The van der Waals surface area contributed by atoms with E-state index in [-0.39, 0.29) is 5.91 Å². The molecule has 4 N–H and O–H groups in total. The Morgan fingerprint density at radius 3 is 1.82 bits per heavy atom. The number of thiazole rings is 1. The summed E-state index contributed by atoms with van der Waals surface area (Å²) in [6.45, 7) is 1.54. The molecule has 33 heavy (non-hydrogen) atoms. The van der Waals surface area contributed by atoms with Crippen LogP contribution in [0.1, 0.15) is 10.4 Å². The molecule has 2 aromatic rings. The lowest BCUT2D eigenvalue weighted by atomic mass is 10.2. The largest absolute Gasteiger partial charge is 0.490 e. The van der Waals surface area contributed by atoms with Crippen molar-refractivity contribution in [2.24, 2.45) is 0 Å². The molecule has 186 valence electrons. The molecule has 0 aliphatic carbocycles. The lowest BCUT2D eigenvalue weighted by Gasteiger charge is -2.19. The molecule has 0 aliphatic heterocycles. The molecule has 0 bridgehead atoms. The van der Waals surface area contributed by atoms with Crippen molar-refractivity contribution in [1.82, 2.24) is 14.8 Å². The van der Waals surface area contributed by atoms with Crippen molar-refractivity contribution in [3.8, 4) is 0 Å². The van der Waals surface area contributed by atoms with Gasteiger partial charge < -0.3 is 25.7 Å². The van der Waals surface area contributed by atoms with Gasteiger partial charge in [0.25, 0.3) is 5.91 Å². The second-order valence-corrected chi connectivity index (χ2v) is 7.43. The minimum atomic E-state index is -5.08. The molecule has 2 rings (SSSR count). The van der Waals surface area contributed by atoms with Crippen LogP contribution in [0.15, 0.2) is 18.2 Å². The first kappa shape index (κ1) is 29.9. The number of halogens is 6. The Morgan fingerprint density at radius 1 is 0.970 bits per heavy atom. The molecule has 0 fully saturated rings. The highest BCUT2D eigenvalue weighted by Gasteiger charge is 2.38. The zero-order valence-corrected chi connectivity index (χ0v) is 18.2. The van der Waals surface area contributed by atoms with E-state index >= 15 is 0 Å². The Bertz CT molecular complexity index is 938. The molecule has 1 aromatic carbocycles. The van der Waals surface area contributed by atoms with E-state index in [1.165, 1.54) is 11.3 Å². The summed E-state index contributed by atoms with van der Waals surface area (Å²) in [7, 11) is 5.79. The van der Waals surface area contributed by atoms with Gasteiger partial charge in [-0.1, -0.05) is 11.3 Å². The second-order valence-electron chi connectivity index (χ2n) is 6.37. The fraction of sp³-hybridized carbons (Fsp3) is 0.412. The Hall–Kier alpha value is -3.14. The van der Waals surface area contributed by atoms with Gasteiger partial charge in [-0.05, 0) is 32.3 Å². The highest BCUT2D eigenvalue weighted by molar-refractivity contribution is 7.22. The number of benzene rings is 1. The van der Waals surface area contributed by atoms with Gasteiger partial charge in [0, 0.05) is 25.7 Å².